The fraction of sp³-hybridized carbons (Fsp3) is 0.364. The maximum Gasteiger partial charge on any atom is 0.416 e. The van der Waals surface area contributed by atoms with Gasteiger partial charge in [-0.1, -0.05) is 22.0 Å². The number of halogens is 1. The molecule has 0 fully saturated rings. The number of rotatable bonds is 1. The van der Waals surface area contributed by atoms with Crippen molar-refractivity contribution < 1.29 is 19.4 Å². The number of fused-ring (bicyclic) bond motifs is 1. The van der Waals surface area contributed by atoms with Crippen LogP contribution in [-0.2, 0) is 9.47 Å². The average Bonchev–Trinajstić information content (AvgIpc) is 2.62. The Kier molecular flexibility index (Phi) is 3.37. The summed E-state index contributed by atoms with van der Waals surface area (Å²) >= 11 is 3.35. The van der Waals surface area contributed by atoms with Crippen LogP contribution in [0.5, 0.6) is 0 Å². The molecule has 1 heterocycles. The van der Waals surface area contributed by atoms with Gasteiger partial charge in [-0.2, -0.15) is 0 Å². The molecule has 0 bridgehead atoms. The number of aliphatic hydroxyl groups excluding tert-OH is 1. The van der Waals surface area contributed by atoms with Crippen LogP contribution in [0.15, 0.2) is 22.7 Å². The zero-order valence-corrected chi connectivity index (χ0v) is 11.0. The monoisotopic (exact) mass is 301 g/mol. The van der Waals surface area contributed by atoms with E-state index in [0.717, 1.165) is 4.47 Å². The van der Waals surface area contributed by atoms with E-state index in [1.165, 1.54) is 19.1 Å². The van der Waals surface area contributed by atoms with Crippen molar-refractivity contribution in [2.45, 2.75) is 12.3 Å². The van der Waals surface area contributed by atoms with Gasteiger partial charge in [0.25, 0.3) is 0 Å². The summed E-state index contributed by atoms with van der Waals surface area (Å²) in [6, 6.07) is 5.32. The number of carbonyl (C=O) groups is 1. The van der Waals surface area contributed by atoms with E-state index in [-0.39, 0.29) is 0 Å². The van der Waals surface area contributed by atoms with Gasteiger partial charge < -0.3 is 14.6 Å². The number of ether oxygens (including phenoxy) is 2. The molecule has 92 valence electrons. The second-order valence-corrected chi connectivity index (χ2v) is 4.44. The van der Waals surface area contributed by atoms with Crippen molar-refractivity contribution in [1.29, 1.82) is 0 Å². The van der Waals surface area contributed by atoms with Gasteiger partial charge in [-0.25, -0.2) is 9.69 Å². The highest BCUT2D eigenvalue weighted by Gasteiger charge is 2.42. The first-order chi connectivity index (χ1) is 8.11. The van der Waals surface area contributed by atoms with Crippen LogP contribution in [0.25, 0.3) is 0 Å². The van der Waals surface area contributed by atoms with Crippen molar-refractivity contribution in [3.05, 3.63) is 28.2 Å². The molecule has 5 nitrogen and oxygen atoms in total. The second-order valence-electron chi connectivity index (χ2n) is 3.58. The molecule has 1 aromatic rings. The number of hydrogen-bond acceptors (Lipinski definition) is 4. The molecular weight excluding hydrogens is 290 g/mol. The van der Waals surface area contributed by atoms with Gasteiger partial charge in [-0.15, -0.1) is 0 Å². The predicted octanol–water partition coefficient (Wildman–Crippen LogP) is 2.04. The predicted molar refractivity (Wildman–Crippen MR) is 64.8 cm³/mol. The van der Waals surface area contributed by atoms with Crippen molar-refractivity contribution in [2.24, 2.45) is 0 Å². The van der Waals surface area contributed by atoms with Crippen molar-refractivity contribution in [3.8, 4) is 0 Å². The van der Waals surface area contributed by atoms with Crippen molar-refractivity contribution in [3.63, 3.8) is 0 Å². The largest absolute Gasteiger partial charge is 0.452 e. The summed E-state index contributed by atoms with van der Waals surface area (Å²) in [5.41, 5.74) is 1.22. The van der Waals surface area contributed by atoms with Crippen LogP contribution < -0.4 is 4.90 Å². The molecule has 6 heteroatoms. The lowest BCUT2D eigenvalue weighted by Gasteiger charge is -2.23. The Morgan fingerprint density at radius 2 is 2.18 bits per heavy atom. The molecule has 2 atom stereocenters. The van der Waals surface area contributed by atoms with Gasteiger partial charge in [-0.05, 0) is 12.1 Å². The van der Waals surface area contributed by atoms with E-state index in [0.29, 0.717) is 11.3 Å². The molecule has 0 aromatic heterocycles. The fourth-order valence-electron chi connectivity index (χ4n) is 1.98. The molecule has 1 amide bonds. The van der Waals surface area contributed by atoms with Gasteiger partial charge in [0.2, 0.25) is 0 Å². The van der Waals surface area contributed by atoms with Gasteiger partial charge in [-0.3, -0.25) is 0 Å². The molecule has 1 N–H and O–H groups in total. The first-order valence-electron chi connectivity index (χ1n) is 4.98. The minimum absolute atomic E-state index is 0.562. The molecule has 0 saturated heterocycles. The summed E-state index contributed by atoms with van der Waals surface area (Å²) in [6.07, 6.45) is -2.23. The average molecular weight is 302 g/mol. The Balaban J connectivity index is 2.54. The SMILES string of the molecule is COC(=O)N1c2cccc(Br)c2C(O)C1OC. The molecule has 17 heavy (non-hydrogen) atoms. The van der Waals surface area contributed by atoms with Crippen LogP contribution >= 0.6 is 15.9 Å². The Morgan fingerprint density at radius 1 is 1.47 bits per heavy atom. The standard InChI is InChI=1S/C11H12BrNO4/c1-16-10-9(14)8-6(12)4-3-5-7(8)13(10)11(15)17-2/h3-5,9-10,14H,1-2H3. The number of methoxy groups -OCH3 is 2. The van der Waals surface area contributed by atoms with E-state index in [9.17, 15) is 9.90 Å². The third-order valence-corrected chi connectivity index (χ3v) is 3.41. The third kappa shape index (κ3) is 1.82. The fourth-order valence-corrected chi connectivity index (χ4v) is 2.57. The number of anilines is 1. The van der Waals surface area contributed by atoms with Crippen LogP contribution in [-0.4, -0.2) is 31.6 Å². The Hall–Kier alpha value is -1.11. The highest BCUT2D eigenvalue weighted by molar-refractivity contribution is 9.10. The number of hydrogen-bond donors (Lipinski definition) is 1. The molecule has 2 rings (SSSR count). The molecule has 1 aliphatic heterocycles. The molecule has 1 aromatic carbocycles. The molecule has 0 aliphatic carbocycles. The van der Waals surface area contributed by atoms with Gasteiger partial charge >= 0.3 is 6.09 Å². The highest BCUT2D eigenvalue weighted by Crippen LogP contribution is 2.43. The van der Waals surface area contributed by atoms with E-state index in [1.807, 2.05) is 0 Å². The van der Waals surface area contributed by atoms with Crippen molar-refractivity contribution in [1.82, 2.24) is 0 Å². The normalized spacial score (nSPS) is 22.5. The summed E-state index contributed by atoms with van der Waals surface area (Å²) in [5, 5.41) is 10.1. The minimum atomic E-state index is -0.898. The number of carbonyl (C=O) groups excluding carboxylic acids is 1. The molecule has 0 spiro atoms. The second kappa shape index (κ2) is 4.64. The zero-order valence-electron chi connectivity index (χ0n) is 9.38. The Morgan fingerprint density at radius 3 is 2.76 bits per heavy atom. The molecular formula is C11H12BrNO4. The van der Waals surface area contributed by atoms with E-state index < -0.39 is 18.4 Å². The van der Waals surface area contributed by atoms with Crippen molar-refractivity contribution >= 4 is 27.7 Å². The number of aliphatic hydroxyl groups is 1. The van der Waals surface area contributed by atoms with Crippen molar-refractivity contribution in [2.75, 3.05) is 19.1 Å². The smallest absolute Gasteiger partial charge is 0.416 e. The van der Waals surface area contributed by atoms with Gasteiger partial charge in [0, 0.05) is 17.1 Å². The summed E-state index contributed by atoms with van der Waals surface area (Å²) in [7, 11) is 2.72. The first kappa shape index (κ1) is 12.3. The highest BCUT2D eigenvalue weighted by atomic mass is 79.9. The number of amides is 1. The number of nitrogens with zero attached hydrogens (tertiary/aromatic N) is 1. The molecule has 0 radical (unpaired) electrons. The lowest BCUT2D eigenvalue weighted by atomic mass is 10.1. The maximum absolute atomic E-state index is 11.7. The summed E-state index contributed by atoms with van der Waals surface area (Å²) in [4.78, 5) is 13.0. The molecule has 2 unspecified atom stereocenters. The van der Waals surface area contributed by atoms with E-state index in [1.54, 1.807) is 18.2 Å². The lowest BCUT2D eigenvalue weighted by Crippen LogP contribution is -2.40. The number of benzene rings is 1. The van der Waals surface area contributed by atoms with E-state index in [4.69, 9.17) is 9.47 Å². The third-order valence-electron chi connectivity index (χ3n) is 2.72. The van der Waals surface area contributed by atoms with Gasteiger partial charge in [0.1, 0.15) is 6.10 Å². The lowest BCUT2D eigenvalue weighted by molar-refractivity contribution is -0.00346. The zero-order chi connectivity index (χ0) is 12.6. The Bertz CT molecular complexity index is 451. The Labute approximate surface area is 107 Å². The van der Waals surface area contributed by atoms with Crippen LogP contribution in [0.1, 0.15) is 11.7 Å². The van der Waals surface area contributed by atoms with Gasteiger partial charge in [0.15, 0.2) is 6.23 Å². The molecule has 0 saturated carbocycles. The summed E-state index contributed by atoms with van der Waals surface area (Å²) in [5.74, 6) is 0. The van der Waals surface area contributed by atoms with E-state index in [2.05, 4.69) is 15.9 Å². The van der Waals surface area contributed by atoms with E-state index >= 15 is 0 Å². The van der Waals surface area contributed by atoms with Crippen LogP contribution in [0.4, 0.5) is 10.5 Å². The maximum atomic E-state index is 11.7. The topological polar surface area (TPSA) is 59.0 Å². The first-order valence-corrected chi connectivity index (χ1v) is 5.77. The minimum Gasteiger partial charge on any atom is -0.452 e. The van der Waals surface area contributed by atoms with Gasteiger partial charge in [0.05, 0.1) is 12.8 Å². The van der Waals surface area contributed by atoms with Crippen LogP contribution in [0, 0.1) is 0 Å². The quantitative estimate of drug-likeness (QED) is 0.862. The van der Waals surface area contributed by atoms with Crippen LogP contribution in [0.2, 0.25) is 0 Å². The summed E-state index contributed by atoms with van der Waals surface area (Å²) in [6.45, 7) is 0. The summed E-state index contributed by atoms with van der Waals surface area (Å²) < 4.78 is 10.6. The molecule has 1 aliphatic rings. The van der Waals surface area contributed by atoms with Crippen LogP contribution in [0.3, 0.4) is 0 Å².